The molecule has 1 saturated carbocycles. The number of nitrogens with two attached hydrogens (primary N) is 1. The van der Waals surface area contributed by atoms with Gasteiger partial charge in [0.2, 0.25) is 5.13 Å². The molecule has 3 N–H and O–H groups in total. The highest BCUT2D eigenvalue weighted by atomic mass is 32.2. The van der Waals surface area contributed by atoms with Crippen molar-refractivity contribution >= 4 is 28.3 Å². The minimum absolute atomic E-state index is 0.0650. The van der Waals surface area contributed by atoms with Gasteiger partial charge in [0.25, 0.3) is 0 Å². The Morgan fingerprint density at radius 1 is 1.12 bits per heavy atom. The number of carbonyl (C=O) groups is 1. The molecule has 2 aromatic heterocycles. The second-order valence-corrected chi connectivity index (χ2v) is 13.1. The molecule has 0 spiro atoms. The van der Waals surface area contributed by atoms with Crippen molar-refractivity contribution in [3.8, 4) is 16.4 Å². The molecule has 4 aromatic rings. The lowest BCUT2D eigenvalue weighted by molar-refractivity contribution is 0.0691. The molecule has 1 aliphatic carbocycles. The topological polar surface area (TPSA) is 114 Å². The van der Waals surface area contributed by atoms with Gasteiger partial charge in [-0.1, -0.05) is 6.07 Å². The molecule has 8 nitrogen and oxygen atoms in total. The third-order valence-corrected chi connectivity index (χ3v) is 9.76. The molecular formula is C30H31F2N5O3S2. The number of likely N-dealkylation sites (tertiary alicyclic amines) is 1. The summed E-state index contributed by atoms with van der Waals surface area (Å²) in [6.45, 7) is 1.79. The molecular weight excluding hydrogens is 580 g/mol. The van der Waals surface area contributed by atoms with Gasteiger partial charge < -0.3 is 10.0 Å². The highest BCUT2D eigenvalue weighted by Gasteiger charge is 2.30. The number of benzene rings is 2. The smallest absolute Gasteiger partial charge is 0.355 e. The number of aromatic carboxylic acids is 1. The summed E-state index contributed by atoms with van der Waals surface area (Å²) in [4.78, 5) is 18.1. The zero-order valence-corrected chi connectivity index (χ0v) is 24.7. The Labute approximate surface area is 248 Å². The average molecular weight is 612 g/mol. The standard InChI is InChI=1S/C30H31F2N5O3S2/c1-36-10-8-19(9-11-36)21-15-20(5-6-23(21)31)28-22(12-18-4-7-27(42(33)40)24(32)13-18)26(14-17-2-3-17)37(35-28)30-34-25(16-41-30)29(38)39/h4-7,13,15-17,19H,2-3,8-12,14,33H2,1H3,(H,38,39). The number of hydrogen-bond acceptors (Lipinski definition) is 6. The van der Waals surface area contributed by atoms with Crippen molar-refractivity contribution in [2.24, 2.45) is 11.1 Å². The van der Waals surface area contributed by atoms with E-state index in [-0.39, 0.29) is 22.3 Å². The normalized spacial score (nSPS) is 17.0. The quantitative estimate of drug-likeness (QED) is 0.265. The first kappa shape index (κ1) is 28.8. The van der Waals surface area contributed by atoms with E-state index in [9.17, 15) is 18.5 Å². The Hall–Kier alpha value is -3.32. The number of piperidine rings is 1. The van der Waals surface area contributed by atoms with Crippen LogP contribution in [-0.2, 0) is 23.8 Å². The summed E-state index contributed by atoms with van der Waals surface area (Å²) in [5, 5.41) is 21.8. The molecule has 0 amide bonds. The lowest BCUT2D eigenvalue weighted by Crippen LogP contribution is -2.29. The maximum absolute atomic E-state index is 15.2. The van der Waals surface area contributed by atoms with Gasteiger partial charge in [-0.3, -0.25) is 0 Å². The van der Waals surface area contributed by atoms with Crippen molar-refractivity contribution in [2.45, 2.75) is 49.3 Å². The van der Waals surface area contributed by atoms with Crippen LogP contribution in [0.5, 0.6) is 0 Å². The second-order valence-electron chi connectivity index (χ2n) is 11.2. The Balaban J connectivity index is 1.49. The van der Waals surface area contributed by atoms with Gasteiger partial charge in [0.15, 0.2) is 5.69 Å². The molecule has 2 fully saturated rings. The van der Waals surface area contributed by atoms with Crippen molar-refractivity contribution < 1.29 is 22.9 Å². The lowest BCUT2D eigenvalue weighted by atomic mass is 9.87. The van der Waals surface area contributed by atoms with Gasteiger partial charge in [0.05, 0.1) is 16.3 Å². The van der Waals surface area contributed by atoms with Crippen LogP contribution >= 0.6 is 11.3 Å². The Kier molecular flexibility index (Phi) is 8.05. The number of carboxylic acid groups (broad SMARTS) is 1. The van der Waals surface area contributed by atoms with Crippen molar-refractivity contribution in [1.82, 2.24) is 19.7 Å². The van der Waals surface area contributed by atoms with Crippen LogP contribution < -0.4 is 5.14 Å². The molecule has 0 bridgehead atoms. The van der Waals surface area contributed by atoms with E-state index in [4.69, 9.17) is 10.2 Å². The van der Waals surface area contributed by atoms with Crippen LogP contribution in [0.4, 0.5) is 8.78 Å². The number of rotatable bonds is 9. The highest BCUT2D eigenvalue weighted by Crippen LogP contribution is 2.39. The molecule has 6 rings (SSSR count). The van der Waals surface area contributed by atoms with E-state index < -0.39 is 22.8 Å². The summed E-state index contributed by atoms with van der Waals surface area (Å²) in [6, 6.07) is 9.56. The minimum atomic E-state index is -1.95. The lowest BCUT2D eigenvalue weighted by Gasteiger charge is -2.29. The summed E-state index contributed by atoms with van der Waals surface area (Å²) >= 11 is 1.19. The third kappa shape index (κ3) is 5.94. The van der Waals surface area contributed by atoms with Crippen molar-refractivity contribution in [3.05, 3.63) is 81.5 Å². The van der Waals surface area contributed by atoms with Crippen LogP contribution in [0, 0.1) is 17.6 Å². The number of carboxylic acids is 1. The number of halogens is 2. The molecule has 2 aromatic carbocycles. The predicted molar refractivity (Wildman–Crippen MR) is 157 cm³/mol. The van der Waals surface area contributed by atoms with E-state index in [1.54, 1.807) is 16.8 Å². The van der Waals surface area contributed by atoms with Crippen molar-refractivity contribution in [3.63, 3.8) is 0 Å². The van der Waals surface area contributed by atoms with Crippen LogP contribution in [0.25, 0.3) is 16.4 Å². The summed E-state index contributed by atoms with van der Waals surface area (Å²) < 4.78 is 43.5. The fraction of sp³-hybridized carbons (Fsp3) is 0.367. The molecule has 3 heterocycles. The summed E-state index contributed by atoms with van der Waals surface area (Å²) in [6.07, 6.45) is 4.86. The molecule has 12 heteroatoms. The average Bonchev–Trinajstić information content (AvgIpc) is 3.52. The SMILES string of the molecule is CN1CCC(c2cc(-c3nn(-c4nc(C(=O)O)cs4)c(CC4CC4)c3Cc3ccc(S(N)=O)c(F)c3)ccc2F)CC1. The largest absolute Gasteiger partial charge is 0.476 e. The Bertz CT molecular complexity index is 1680. The molecule has 1 unspecified atom stereocenters. The van der Waals surface area contributed by atoms with Crippen LogP contribution in [-0.4, -0.2) is 55.1 Å². The summed E-state index contributed by atoms with van der Waals surface area (Å²) in [5.74, 6) is -1.47. The maximum Gasteiger partial charge on any atom is 0.355 e. The zero-order chi connectivity index (χ0) is 29.5. The molecule has 1 saturated heterocycles. The third-order valence-electron chi connectivity index (χ3n) is 8.18. The Morgan fingerprint density at radius 3 is 2.52 bits per heavy atom. The second kappa shape index (κ2) is 11.8. The van der Waals surface area contributed by atoms with E-state index >= 15 is 4.39 Å². The predicted octanol–water partition coefficient (Wildman–Crippen LogP) is 5.31. The van der Waals surface area contributed by atoms with Gasteiger partial charge >= 0.3 is 5.97 Å². The summed E-state index contributed by atoms with van der Waals surface area (Å²) in [5.41, 5.74) is 4.32. The van der Waals surface area contributed by atoms with E-state index in [1.165, 1.54) is 34.9 Å². The molecule has 1 aliphatic heterocycles. The molecule has 0 radical (unpaired) electrons. The van der Waals surface area contributed by atoms with Gasteiger partial charge in [0.1, 0.15) is 22.6 Å². The summed E-state index contributed by atoms with van der Waals surface area (Å²) in [7, 11) is 0.117. The highest BCUT2D eigenvalue weighted by molar-refractivity contribution is 7.82. The Morgan fingerprint density at radius 2 is 1.88 bits per heavy atom. The number of aromatic nitrogens is 3. The minimum Gasteiger partial charge on any atom is -0.476 e. The monoisotopic (exact) mass is 611 g/mol. The van der Waals surface area contributed by atoms with Gasteiger partial charge in [0, 0.05) is 22.9 Å². The fourth-order valence-electron chi connectivity index (χ4n) is 5.67. The van der Waals surface area contributed by atoms with Gasteiger partial charge in [-0.15, -0.1) is 11.3 Å². The number of thiazole rings is 1. The van der Waals surface area contributed by atoms with Gasteiger partial charge in [-0.25, -0.2) is 32.6 Å². The van der Waals surface area contributed by atoms with E-state index in [0.29, 0.717) is 40.7 Å². The maximum atomic E-state index is 15.2. The molecule has 2 aliphatic rings. The number of hydrogen-bond donors (Lipinski definition) is 2. The first-order valence-electron chi connectivity index (χ1n) is 13.9. The van der Waals surface area contributed by atoms with Crippen LogP contribution in [0.2, 0.25) is 0 Å². The zero-order valence-electron chi connectivity index (χ0n) is 23.1. The van der Waals surface area contributed by atoms with Crippen LogP contribution in [0.15, 0.2) is 46.7 Å². The molecule has 220 valence electrons. The van der Waals surface area contributed by atoms with Crippen LogP contribution in [0.1, 0.15) is 64.5 Å². The molecule has 1 atom stereocenters. The first-order valence-corrected chi connectivity index (χ1v) is 16.0. The van der Waals surface area contributed by atoms with E-state index in [1.807, 2.05) is 6.07 Å². The van der Waals surface area contributed by atoms with E-state index in [0.717, 1.165) is 55.6 Å². The van der Waals surface area contributed by atoms with Crippen molar-refractivity contribution in [2.75, 3.05) is 20.1 Å². The van der Waals surface area contributed by atoms with E-state index in [2.05, 4.69) is 16.9 Å². The van der Waals surface area contributed by atoms with Crippen molar-refractivity contribution in [1.29, 1.82) is 0 Å². The van der Waals surface area contributed by atoms with Crippen LogP contribution in [0.3, 0.4) is 0 Å². The first-order chi connectivity index (χ1) is 20.2. The number of nitrogens with zero attached hydrogens (tertiary/aromatic N) is 4. The van der Waals surface area contributed by atoms with Gasteiger partial charge in [-0.2, -0.15) is 5.10 Å². The fourth-order valence-corrected chi connectivity index (χ4v) is 6.90. The molecule has 42 heavy (non-hydrogen) atoms. The van der Waals surface area contributed by atoms with Gasteiger partial charge in [-0.05, 0) is 106 Å².